The molecule has 0 aromatic carbocycles. The van der Waals surface area contributed by atoms with E-state index in [-0.39, 0.29) is 6.10 Å². The first-order valence-corrected chi connectivity index (χ1v) is 6.73. The first kappa shape index (κ1) is 13.9. The highest BCUT2D eigenvalue weighted by Gasteiger charge is 2.22. The van der Waals surface area contributed by atoms with E-state index in [0.29, 0.717) is 6.04 Å². The summed E-state index contributed by atoms with van der Waals surface area (Å²) in [4.78, 5) is 2.41. The Hall–Kier alpha value is -0.120. The van der Waals surface area contributed by atoms with Crippen molar-refractivity contribution >= 4 is 0 Å². The highest BCUT2D eigenvalue weighted by atomic mass is 16.3. The predicted molar refractivity (Wildman–Crippen MR) is 68.6 cm³/mol. The topological polar surface area (TPSA) is 35.5 Å². The maximum absolute atomic E-state index is 9.68. The minimum Gasteiger partial charge on any atom is -0.392 e. The van der Waals surface area contributed by atoms with Gasteiger partial charge >= 0.3 is 0 Å². The fraction of sp³-hybridized carbons (Fsp3) is 1.00. The molecule has 96 valence electrons. The normalized spacial score (nSPS) is 26.6. The van der Waals surface area contributed by atoms with Gasteiger partial charge in [0.25, 0.3) is 0 Å². The number of nitrogens with zero attached hydrogens (tertiary/aromatic N) is 1. The van der Waals surface area contributed by atoms with E-state index in [2.05, 4.69) is 31.1 Å². The van der Waals surface area contributed by atoms with Crippen LogP contribution in [0.4, 0.5) is 0 Å². The number of aliphatic hydroxyl groups excluding tert-OH is 1. The lowest BCUT2D eigenvalue weighted by atomic mass is 9.92. The van der Waals surface area contributed by atoms with E-state index in [1.165, 1.54) is 25.9 Å². The van der Waals surface area contributed by atoms with E-state index in [1.54, 1.807) is 0 Å². The van der Waals surface area contributed by atoms with Gasteiger partial charge in [0.1, 0.15) is 0 Å². The Balaban J connectivity index is 2.20. The number of rotatable bonds is 6. The molecule has 3 atom stereocenters. The van der Waals surface area contributed by atoms with Crippen LogP contribution < -0.4 is 5.32 Å². The quantitative estimate of drug-likeness (QED) is 0.722. The Morgan fingerprint density at radius 3 is 2.88 bits per heavy atom. The van der Waals surface area contributed by atoms with E-state index in [1.807, 2.05) is 0 Å². The van der Waals surface area contributed by atoms with Crippen LogP contribution in [-0.2, 0) is 0 Å². The first-order chi connectivity index (χ1) is 7.63. The summed E-state index contributed by atoms with van der Waals surface area (Å²) >= 11 is 0. The molecular formula is C13H28N2O. The summed E-state index contributed by atoms with van der Waals surface area (Å²) in [6.07, 6.45) is 4.43. The minimum absolute atomic E-state index is 0.172. The van der Waals surface area contributed by atoms with Crippen molar-refractivity contribution in [3.8, 4) is 0 Å². The molecule has 0 bridgehead atoms. The molecule has 1 heterocycles. The van der Waals surface area contributed by atoms with Crippen LogP contribution in [0, 0.1) is 5.92 Å². The molecule has 1 aliphatic heterocycles. The van der Waals surface area contributed by atoms with Crippen molar-refractivity contribution in [1.29, 1.82) is 0 Å². The van der Waals surface area contributed by atoms with Gasteiger partial charge in [-0.1, -0.05) is 13.3 Å². The van der Waals surface area contributed by atoms with Gasteiger partial charge in [-0.25, -0.2) is 0 Å². The molecule has 0 saturated carbocycles. The van der Waals surface area contributed by atoms with E-state index in [9.17, 15) is 5.11 Å². The van der Waals surface area contributed by atoms with Gasteiger partial charge in [-0.3, -0.25) is 0 Å². The maximum Gasteiger partial charge on any atom is 0.0664 e. The molecule has 0 aromatic rings. The minimum atomic E-state index is -0.172. The zero-order valence-corrected chi connectivity index (χ0v) is 11.1. The zero-order chi connectivity index (χ0) is 12.0. The second kappa shape index (κ2) is 7.25. The number of hydrogen-bond donors (Lipinski definition) is 2. The van der Waals surface area contributed by atoms with Crippen LogP contribution in [0.2, 0.25) is 0 Å². The molecule has 1 rings (SSSR count). The van der Waals surface area contributed by atoms with Gasteiger partial charge in [0.05, 0.1) is 6.10 Å². The molecule has 16 heavy (non-hydrogen) atoms. The summed E-state index contributed by atoms with van der Waals surface area (Å²) in [5, 5.41) is 13.2. The maximum atomic E-state index is 9.68. The monoisotopic (exact) mass is 228 g/mol. The summed E-state index contributed by atoms with van der Waals surface area (Å²) in [5.74, 6) is 0.743. The Bertz CT molecular complexity index is 187. The van der Waals surface area contributed by atoms with Gasteiger partial charge in [-0.2, -0.15) is 0 Å². The third-order valence-electron chi connectivity index (χ3n) is 3.67. The van der Waals surface area contributed by atoms with Crippen molar-refractivity contribution in [2.75, 3.05) is 26.7 Å². The summed E-state index contributed by atoms with van der Waals surface area (Å²) in [6.45, 7) is 7.54. The summed E-state index contributed by atoms with van der Waals surface area (Å²) in [5.41, 5.74) is 0. The third-order valence-corrected chi connectivity index (χ3v) is 3.67. The van der Waals surface area contributed by atoms with Crippen LogP contribution in [0.5, 0.6) is 0 Å². The van der Waals surface area contributed by atoms with Crippen molar-refractivity contribution < 1.29 is 5.11 Å². The summed E-state index contributed by atoms with van der Waals surface area (Å²) < 4.78 is 0. The van der Waals surface area contributed by atoms with Crippen molar-refractivity contribution in [3.05, 3.63) is 0 Å². The van der Waals surface area contributed by atoms with Gasteiger partial charge in [0.15, 0.2) is 0 Å². The van der Waals surface area contributed by atoms with Crippen LogP contribution in [0.15, 0.2) is 0 Å². The molecular weight excluding hydrogens is 200 g/mol. The lowest BCUT2D eigenvalue weighted by Gasteiger charge is -2.34. The lowest BCUT2D eigenvalue weighted by Crippen LogP contribution is -2.45. The Morgan fingerprint density at radius 1 is 1.50 bits per heavy atom. The largest absolute Gasteiger partial charge is 0.392 e. The molecule has 1 saturated heterocycles. The molecule has 0 aliphatic carbocycles. The second-order valence-electron chi connectivity index (χ2n) is 5.30. The SMILES string of the molecule is CCCC(O)CNC(C)C1CCCN(C)C1. The van der Waals surface area contributed by atoms with E-state index in [4.69, 9.17) is 0 Å². The third kappa shape index (κ3) is 4.81. The average molecular weight is 228 g/mol. The van der Waals surface area contributed by atoms with E-state index >= 15 is 0 Å². The molecule has 0 amide bonds. The molecule has 2 N–H and O–H groups in total. The van der Waals surface area contributed by atoms with Crippen LogP contribution in [0.25, 0.3) is 0 Å². The highest BCUT2D eigenvalue weighted by Crippen LogP contribution is 2.18. The summed E-state index contributed by atoms with van der Waals surface area (Å²) in [6, 6.07) is 0.522. The predicted octanol–water partition coefficient (Wildman–Crippen LogP) is 1.47. The molecule has 1 aliphatic rings. The fourth-order valence-electron chi connectivity index (χ4n) is 2.54. The van der Waals surface area contributed by atoms with Crippen LogP contribution in [-0.4, -0.2) is 48.8 Å². The molecule has 1 fully saturated rings. The number of aliphatic hydroxyl groups is 1. The Labute approximate surface area is 100 Å². The fourth-order valence-corrected chi connectivity index (χ4v) is 2.54. The van der Waals surface area contributed by atoms with Crippen LogP contribution >= 0.6 is 0 Å². The lowest BCUT2D eigenvalue weighted by molar-refractivity contribution is 0.138. The van der Waals surface area contributed by atoms with Crippen LogP contribution in [0.1, 0.15) is 39.5 Å². The number of piperidine rings is 1. The highest BCUT2D eigenvalue weighted by molar-refractivity contribution is 4.79. The molecule has 3 heteroatoms. The average Bonchev–Trinajstić information content (AvgIpc) is 2.26. The van der Waals surface area contributed by atoms with Gasteiger partial charge in [-0.15, -0.1) is 0 Å². The first-order valence-electron chi connectivity index (χ1n) is 6.73. The Morgan fingerprint density at radius 2 is 2.25 bits per heavy atom. The Kier molecular flexibility index (Phi) is 6.32. The van der Waals surface area contributed by atoms with Gasteiger partial charge in [0.2, 0.25) is 0 Å². The van der Waals surface area contributed by atoms with Gasteiger partial charge in [0, 0.05) is 19.1 Å². The second-order valence-corrected chi connectivity index (χ2v) is 5.30. The molecule has 3 unspecified atom stereocenters. The van der Waals surface area contributed by atoms with Crippen molar-refractivity contribution in [3.63, 3.8) is 0 Å². The number of nitrogens with one attached hydrogen (secondary N) is 1. The number of likely N-dealkylation sites (tertiary alicyclic amines) is 1. The smallest absolute Gasteiger partial charge is 0.0664 e. The zero-order valence-electron chi connectivity index (χ0n) is 11.1. The molecule has 0 aromatic heterocycles. The van der Waals surface area contributed by atoms with Crippen molar-refractivity contribution in [2.45, 2.75) is 51.7 Å². The van der Waals surface area contributed by atoms with E-state index in [0.717, 1.165) is 25.3 Å². The molecule has 0 spiro atoms. The molecule has 0 radical (unpaired) electrons. The standard InChI is InChI=1S/C13H28N2O/c1-4-6-13(16)9-14-11(2)12-7-5-8-15(3)10-12/h11-14,16H,4-10H2,1-3H3. The van der Waals surface area contributed by atoms with Crippen molar-refractivity contribution in [2.24, 2.45) is 5.92 Å². The molecule has 3 nitrogen and oxygen atoms in total. The van der Waals surface area contributed by atoms with Gasteiger partial charge < -0.3 is 15.3 Å². The summed E-state index contributed by atoms with van der Waals surface area (Å²) in [7, 11) is 2.20. The number of hydrogen-bond acceptors (Lipinski definition) is 3. The van der Waals surface area contributed by atoms with Crippen LogP contribution in [0.3, 0.4) is 0 Å². The van der Waals surface area contributed by atoms with Crippen molar-refractivity contribution in [1.82, 2.24) is 10.2 Å². The van der Waals surface area contributed by atoms with E-state index < -0.39 is 0 Å². The van der Waals surface area contributed by atoms with Gasteiger partial charge in [-0.05, 0) is 45.7 Å².